The van der Waals surface area contributed by atoms with Crippen LogP contribution in [-0.4, -0.2) is 65.2 Å². The van der Waals surface area contributed by atoms with Crippen molar-refractivity contribution < 1.29 is 9.53 Å². The van der Waals surface area contributed by atoms with Crippen LogP contribution in [0.3, 0.4) is 0 Å². The highest BCUT2D eigenvalue weighted by Gasteiger charge is 2.79. The molecule has 12 rings (SSSR count). The third kappa shape index (κ3) is 2.87. The number of benzene rings is 2. The van der Waals surface area contributed by atoms with Gasteiger partial charge in [-0.2, -0.15) is 0 Å². The van der Waals surface area contributed by atoms with Crippen LogP contribution in [0, 0.1) is 16.7 Å². The summed E-state index contributed by atoms with van der Waals surface area (Å²) in [5, 5.41) is 5.66. The second kappa shape index (κ2) is 8.79. The van der Waals surface area contributed by atoms with E-state index in [4.69, 9.17) is 4.74 Å². The summed E-state index contributed by atoms with van der Waals surface area (Å²) in [6, 6.07) is 18.3. The molecule has 6 fully saturated rings. The third-order valence-corrected chi connectivity index (χ3v) is 15.7. The standard InChI is InChI=1S/C40H48N4O2/c1-3-37-13-6-18-42-20-12-27-26-8-4-5-9-31(26)44(33(27)34(37)42)32(24-37)25-10-11-30-28(22-25)39-17-21-43-19-7-14-38(36(39)43)15-16-40(39,41-30)29(23-38)35(45)46-2/h4-5,8-11,22,29,32,34,36,41H,3,6-7,12-21,23-24H2,1-2H3/t29-,32+,34-,36-,37+,38+,39+,40+/m0/s1. The Labute approximate surface area is 272 Å². The summed E-state index contributed by atoms with van der Waals surface area (Å²) in [7, 11) is 1.61. The highest BCUT2D eigenvalue weighted by atomic mass is 16.5. The van der Waals surface area contributed by atoms with Crippen LogP contribution < -0.4 is 5.32 Å². The van der Waals surface area contributed by atoms with Crippen LogP contribution in [-0.2, 0) is 21.4 Å². The molecular formula is C40H48N4O2. The molecule has 3 saturated carbocycles. The molecule has 6 heteroatoms. The number of esters is 1. The van der Waals surface area contributed by atoms with Gasteiger partial charge in [-0.1, -0.05) is 37.3 Å². The lowest BCUT2D eigenvalue weighted by molar-refractivity contribution is -0.171. The number of piperidine rings is 2. The summed E-state index contributed by atoms with van der Waals surface area (Å²) in [6.07, 6.45) is 13.2. The molecule has 7 heterocycles. The number of ether oxygens (including phenoxy) is 1. The van der Waals surface area contributed by atoms with E-state index in [-0.39, 0.29) is 28.3 Å². The largest absolute Gasteiger partial charge is 0.469 e. The van der Waals surface area contributed by atoms with E-state index in [0.717, 1.165) is 25.8 Å². The van der Waals surface area contributed by atoms with E-state index in [1.165, 1.54) is 98.7 Å². The van der Waals surface area contributed by atoms with Gasteiger partial charge in [-0.25, -0.2) is 0 Å². The quantitative estimate of drug-likeness (QED) is 0.322. The number of carbonyl (C=O) groups excluding carboxylic acids is 1. The number of rotatable bonds is 3. The van der Waals surface area contributed by atoms with E-state index in [0.29, 0.717) is 23.5 Å². The Morgan fingerprint density at radius 2 is 1.83 bits per heavy atom. The summed E-state index contributed by atoms with van der Waals surface area (Å²) in [6.45, 7) is 7.29. The second-order valence-corrected chi connectivity index (χ2v) is 16.8. The highest BCUT2D eigenvalue weighted by Crippen LogP contribution is 2.74. The molecule has 0 radical (unpaired) electrons. The van der Waals surface area contributed by atoms with Crippen molar-refractivity contribution in [1.82, 2.24) is 14.4 Å². The fourth-order valence-corrected chi connectivity index (χ4v) is 14.3. The number of carbonyl (C=O) groups is 1. The zero-order valence-corrected chi connectivity index (χ0v) is 27.6. The van der Waals surface area contributed by atoms with Crippen molar-refractivity contribution >= 4 is 22.6 Å². The molecule has 1 aromatic heterocycles. The summed E-state index contributed by atoms with van der Waals surface area (Å²) in [5.74, 6) is -0.0687. The van der Waals surface area contributed by atoms with Crippen LogP contribution in [0.5, 0.6) is 0 Å². The van der Waals surface area contributed by atoms with Crippen LogP contribution in [0.1, 0.15) is 106 Å². The third-order valence-electron chi connectivity index (χ3n) is 15.7. The van der Waals surface area contributed by atoms with Gasteiger partial charge in [-0.3, -0.25) is 14.6 Å². The Kier molecular flexibility index (Phi) is 5.19. The second-order valence-electron chi connectivity index (χ2n) is 16.8. The van der Waals surface area contributed by atoms with Crippen molar-refractivity contribution in [2.45, 2.75) is 107 Å². The van der Waals surface area contributed by atoms with Gasteiger partial charge in [0.15, 0.2) is 0 Å². The number of fused-ring (bicyclic) bond motifs is 6. The van der Waals surface area contributed by atoms with Crippen molar-refractivity contribution in [3.8, 4) is 0 Å². The summed E-state index contributed by atoms with van der Waals surface area (Å²) in [5.41, 5.74) is 9.27. The molecule has 6 aliphatic heterocycles. The van der Waals surface area contributed by atoms with E-state index < -0.39 is 0 Å². The Balaban J connectivity index is 1.13. The molecule has 8 atom stereocenters. The van der Waals surface area contributed by atoms with E-state index in [2.05, 4.69) is 69.1 Å². The van der Waals surface area contributed by atoms with Crippen LogP contribution in [0.25, 0.3) is 10.9 Å². The van der Waals surface area contributed by atoms with Crippen LogP contribution in [0.15, 0.2) is 42.5 Å². The van der Waals surface area contributed by atoms with Gasteiger partial charge >= 0.3 is 5.97 Å². The highest BCUT2D eigenvalue weighted by molar-refractivity contribution is 5.87. The molecule has 46 heavy (non-hydrogen) atoms. The van der Waals surface area contributed by atoms with Gasteiger partial charge in [0.05, 0.1) is 30.7 Å². The SMILES string of the molecule is CC[C@@]12CCCN3CCc4c(n(c5ccccc45)[C@@H](c4ccc5c(c4)[C@@]46CCN7CCC[C@]8(CC[C@@]4(N5)[C@H](C(=O)OC)C8)[C@H]76)C1)[C@H]32. The first-order chi connectivity index (χ1) is 22.5. The number of hydrogen-bond donors (Lipinski definition) is 1. The number of anilines is 1. The van der Waals surface area contributed by atoms with Crippen molar-refractivity contribution in [3.05, 3.63) is 64.8 Å². The fraction of sp³-hybridized carbons (Fsp3) is 0.625. The molecule has 2 bridgehead atoms. The summed E-state index contributed by atoms with van der Waals surface area (Å²) < 4.78 is 8.44. The van der Waals surface area contributed by atoms with Crippen LogP contribution >= 0.6 is 0 Å². The maximum absolute atomic E-state index is 13.7. The minimum absolute atomic E-state index is 0.0111. The molecule has 0 unspecified atom stereocenters. The molecule has 2 aromatic carbocycles. The lowest BCUT2D eigenvalue weighted by atomic mass is 9.39. The van der Waals surface area contributed by atoms with Gasteiger partial charge in [0.25, 0.3) is 0 Å². The smallest absolute Gasteiger partial charge is 0.311 e. The zero-order valence-electron chi connectivity index (χ0n) is 27.6. The lowest BCUT2D eigenvalue weighted by Gasteiger charge is -2.69. The molecule has 1 N–H and O–H groups in total. The lowest BCUT2D eigenvalue weighted by Crippen LogP contribution is -2.76. The van der Waals surface area contributed by atoms with Gasteiger partial charge in [0.1, 0.15) is 0 Å². The van der Waals surface area contributed by atoms with Crippen molar-refractivity contribution in [2.75, 3.05) is 38.6 Å². The van der Waals surface area contributed by atoms with Crippen LogP contribution in [0.2, 0.25) is 0 Å². The molecule has 9 aliphatic rings. The minimum Gasteiger partial charge on any atom is -0.469 e. The van der Waals surface area contributed by atoms with E-state index in [1.54, 1.807) is 18.4 Å². The van der Waals surface area contributed by atoms with Gasteiger partial charge in [-0.05, 0) is 130 Å². The fourth-order valence-electron chi connectivity index (χ4n) is 14.3. The number of methoxy groups -OCH3 is 1. The molecule has 240 valence electrons. The first kappa shape index (κ1) is 27.2. The van der Waals surface area contributed by atoms with Crippen molar-refractivity contribution in [3.63, 3.8) is 0 Å². The van der Waals surface area contributed by atoms with Gasteiger partial charge in [0.2, 0.25) is 0 Å². The molecule has 6 nitrogen and oxygen atoms in total. The molecular weight excluding hydrogens is 568 g/mol. The van der Waals surface area contributed by atoms with Gasteiger partial charge in [0, 0.05) is 40.3 Å². The topological polar surface area (TPSA) is 49.7 Å². The van der Waals surface area contributed by atoms with E-state index >= 15 is 0 Å². The van der Waals surface area contributed by atoms with Gasteiger partial charge < -0.3 is 14.6 Å². The summed E-state index contributed by atoms with van der Waals surface area (Å²) >= 11 is 0. The first-order valence-electron chi connectivity index (χ1n) is 18.6. The molecule has 3 spiro atoms. The normalized spacial score (nSPS) is 41.4. The van der Waals surface area contributed by atoms with Crippen molar-refractivity contribution in [1.29, 1.82) is 0 Å². The van der Waals surface area contributed by atoms with Crippen LogP contribution in [0.4, 0.5) is 5.69 Å². The summed E-state index contributed by atoms with van der Waals surface area (Å²) in [4.78, 5) is 19.4. The van der Waals surface area contributed by atoms with Crippen molar-refractivity contribution in [2.24, 2.45) is 16.7 Å². The maximum Gasteiger partial charge on any atom is 0.311 e. The monoisotopic (exact) mass is 616 g/mol. The maximum atomic E-state index is 13.7. The average Bonchev–Trinajstić information content (AvgIpc) is 3.76. The van der Waals surface area contributed by atoms with E-state index in [9.17, 15) is 4.79 Å². The predicted octanol–water partition coefficient (Wildman–Crippen LogP) is 6.97. The Morgan fingerprint density at radius 3 is 2.72 bits per heavy atom. The molecule has 3 saturated heterocycles. The number of nitrogens with zero attached hydrogens (tertiary/aromatic N) is 3. The number of para-hydroxylation sites is 1. The number of aromatic nitrogens is 1. The Morgan fingerprint density at radius 1 is 0.957 bits per heavy atom. The Hall–Kier alpha value is -2.83. The molecule has 3 aliphatic carbocycles. The van der Waals surface area contributed by atoms with E-state index in [1.807, 2.05) is 0 Å². The zero-order chi connectivity index (χ0) is 30.6. The average molecular weight is 617 g/mol. The molecule has 0 amide bonds. The Bertz CT molecular complexity index is 1830. The molecule has 3 aromatic rings. The minimum atomic E-state index is -0.245. The number of nitrogens with one attached hydrogen (secondary N) is 1. The first-order valence-corrected chi connectivity index (χ1v) is 18.6. The number of hydrogen-bond acceptors (Lipinski definition) is 5. The predicted molar refractivity (Wildman–Crippen MR) is 180 cm³/mol. The van der Waals surface area contributed by atoms with Gasteiger partial charge in [-0.15, -0.1) is 0 Å².